The van der Waals surface area contributed by atoms with Gasteiger partial charge in [-0.15, -0.1) is 0 Å². The van der Waals surface area contributed by atoms with Gasteiger partial charge in [0, 0.05) is 11.5 Å². The largest absolute Gasteiger partial charge is 0.377 e. The lowest BCUT2D eigenvalue weighted by Gasteiger charge is -2.08. The molecule has 0 aliphatic carbocycles. The molecule has 0 amide bonds. The second kappa shape index (κ2) is 4.84. The zero-order valence-electron chi connectivity index (χ0n) is 8.61. The Hall–Kier alpha value is -1.07. The average Bonchev–Trinajstić information content (AvgIpc) is 2.66. The fraction of sp³-hybridized carbons (Fsp3) is 0.200. The van der Waals surface area contributed by atoms with Crippen LogP contribution in [-0.4, -0.2) is 14.8 Å². The molecule has 0 bridgehead atoms. The Morgan fingerprint density at radius 3 is 3.00 bits per heavy atom. The smallest absolute Gasteiger partial charge is 0.145 e. The standard InChI is InChI=1S/C10H10BrClN4/c1-16-10(14-6-15-16)5-13-9-4-7(11)2-3-8(9)12/h2-4,6,13H,5H2,1H3. The molecule has 4 nitrogen and oxygen atoms in total. The molecule has 84 valence electrons. The van der Waals surface area contributed by atoms with E-state index in [1.54, 1.807) is 4.68 Å². The van der Waals surface area contributed by atoms with Crippen molar-refractivity contribution in [2.24, 2.45) is 7.05 Å². The van der Waals surface area contributed by atoms with E-state index in [9.17, 15) is 0 Å². The van der Waals surface area contributed by atoms with Crippen LogP contribution < -0.4 is 5.32 Å². The van der Waals surface area contributed by atoms with E-state index < -0.39 is 0 Å². The third-order valence-electron chi connectivity index (χ3n) is 2.17. The molecule has 0 spiro atoms. The summed E-state index contributed by atoms with van der Waals surface area (Å²) in [4.78, 5) is 4.12. The van der Waals surface area contributed by atoms with Crippen LogP contribution in [0.3, 0.4) is 0 Å². The van der Waals surface area contributed by atoms with Gasteiger partial charge in [-0.3, -0.25) is 4.68 Å². The first-order valence-corrected chi connectivity index (χ1v) is 5.85. The Bertz CT molecular complexity index is 497. The molecule has 1 aromatic heterocycles. The van der Waals surface area contributed by atoms with Gasteiger partial charge in [0.2, 0.25) is 0 Å². The Kier molecular flexibility index (Phi) is 3.46. The van der Waals surface area contributed by atoms with E-state index in [0.717, 1.165) is 16.0 Å². The van der Waals surface area contributed by atoms with Gasteiger partial charge in [-0.05, 0) is 18.2 Å². The molecule has 6 heteroatoms. The summed E-state index contributed by atoms with van der Waals surface area (Å²) in [5.41, 5.74) is 0.874. The molecule has 1 aromatic carbocycles. The molecule has 0 atom stereocenters. The molecule has 1 heterocycles. The summed E-state index contributed by atoms with van der Waals surface area (Å²) in [6.45, 7) is 0.590. The minimum Gasteiger partial charge on any atom is -0.377 e. The maximum Gasteiger partial charge on any atom is 0.145 e. The highest BCUT2D eigenvalue weighted by Crippen LogP contribution is 2.25. The number of hydrogen-bond acceptors (Lipinski definition) is 3. The van der Waals surface area contributed by atoms with Crippen LogP contribution in [0.25, 0.3) is 0 Å². The number of hydrogen-bond donors (Lipinski definition) is 1. The van der Waals surface area contributed by atoms with Crippen molar-refractivity contribution < 1.29 is 0 Å². The normalized spacial score (nSPS) is 10.4. The first kappa shape index (κ1) is 11.4. The minimum atomic E-state index is 0.590. The van der Waals surface area contributed by atoms with Gasteiger partial charge in [-0.2, -0.15) is 5.10 Å². The SMILES string of the molecule is Cn1ncnc1CNc1cc(Br)ccc1Cl. The highest BCUT2D eigenvalue weighted by Gasteiger charge is 2.03. The lowest BCUT2D eigenvalue weighted by atomic mass is 10.3. The summed E-state index contributed by atoms with van der Waals surface area (Å²) in [7, 11) is 1.85. The van der Waals surface area contributed by atoms with Gasteiger partial charge >= 0.3 is 0 Å². The first-order chi connectivity index (χ1) is 7.66. The average molecular weight is 302 g/mol. The van der Waals surface area contributed by atoms with Crippen molar-refractivity contribution in [2.75, 3.05) is 5.32 Å². The van der Waals surface area contributed by atoms with E-state index in [0.29, 0.717) is 11.6 Å². The fourth-order valence-corrected chi connectivity index (χ4v) is 1.83. The van der Waals surface area contributed by atoms with E-state index in [2.05, 4.69) is 31.3 Å². The van der Waals surface area contributed by atoms with Gasteiger partial charge in [0.1, 0.15) is 12.2 Å². The van der Waals surface area contributed by atoms with Crippen LogP contribution in [0.2, 0.25) is 5.02 Å². The topological polar surface area (TPSA) is 42.7 Å². The number of halogens is 2. The zero-order valence-corrected chi connectivity index (χ0v) is 11.0. The molecule has 0 aliphatic heterocycles. The highest BCUT2D eigenvalue weighted by molar-refractivity contribution is 9.10. The molecule has 0 saturated carbocycles. The third-order valence-corrected chi connectivity index (χ3v) is 2.99. The predicted octanol–water partition coefficient (Wildman–Crippen LogP) is 2.84. The van der Waals surface area contributed by atoms with Crippen LogP contribution in [0, 0.1) is 0 Å². The molecule has 16 heavy (non-hydrogen) atoms. The molecule has 0 fully saturated rings. The molecular formula is C10H10BrClN4. The first-order valence-electron chi connectivity index (χ1n) is 4.68. The lowest BCUT2D eigenvalue weighted by Crippen LogP contribution is -2.07. The Balaban J connectivity index is 2.10. The van der Waals surface area contributed by atoms with E-state index in [-0.39, 0.29) is 0 Å². The maximum atomic E-state index is 6.05. The van der Waals surface area contributed by atoms with Crippen LogP contribution >= 0.6 is 27.5 Å². The van der Waals surface area contributed by atoms with E-state index in [1.165, 1.54) is 6.33 Å². The van der Waals surface area contributed by atoms with E-state index >= 15 is 0 Å². The van der Waals surface area contributed by atoms with Gasteiger partial charge in [0.15, 0.2) is 0 Å². The van der Waals surface area contributed by atoms with Crippen molar-refractivity contribution in [2.45, 2.75) is 6.54 Å². The van der Waals surface area contributed by atoms with Crippen molar-refractivity contribution in [3.8, 4) is 0 Å². The van der Waals surface area contributed by atoms with Crippen molar-refractivity contribution in [3.05, 3.63) is 39.8 Å². The minimum absolute atomic E-state index is 0.590. The van der Waals surface area contributed by atoms with Crippen molar-refractivity contribution in [1.29, 1.82) is 0 Å². The second-order valence-corrected chi connectivity index (χ2v) is 4.60. The van der Waals surface area contributed by atoms with Crippen molar-refractivity contribution >= 4 is 33.2 Å². The number of nitrogens with zero attached hydrogens (tertiary/aromatic N) is 3. The zero-order chi connectivity index (χ0) is 11.5. The number of nitrogens with one attached hydrogen (secondary N) is 1. The Morgan fingerprint density at radius 1 is 1.50 bits per heavy atom. The summed E-state index contributed by atoms with van der Waals surface area (Å²) in [6, 6.07) is 5.67. The Labute approximate surface area is 107 Å². The van der Waals surface area contributed by atoms with Gasteiger partial charge < -0.3 is 5.32 Å². The van der Waals surface area contributed by atoms with Crippen LogP contribution in [0.5, 0.6) is 0 Å². The Morgan fingerprint density at radius 2 is 2.31 bits per heavy atom. The van der Waals surface area contributed by atoms with Crippen LogP contribution in [0.4, 0.5) is 5.69 Å². The van der Waals surface area contributed by atoms with Gasteiger partial charge in [0.25, 0.3) is 0 Å². The monoisotopic (exact) mass is 300 g/mol. The molecule has 0 saturated heterocycles. The van der Waals surface area contributed by atoms with Crippen LogP contribution in [0.1, 0.15) is 5.82 Å². The van der Waals surface area contributed by atoms with Gasteiger partial charge in [-0.1, -0.05) is 27.5 Å². The number of anilines is 1. The number of benzene rings is 1. The summed E-state index contributed by atoms with van der Waals surface area (Å²) >= 11 is 9.45. The number of aromatic nitrogens is 3. The van der Waals surface area contributed by atoms with Crippen LogP contribution in [-0.2, 0) is 13.6 Å². The quantitative estimate of drug-likeness (QED) is 0.948. The molecule has 0 unspecified atom stereocenters. The van der Waals surface area contributed by atoms with Gasteiger partial charge in [0.05, 0.1) is 17.3 Å². The van der Waals surface area contributed by atoms with Crippen molar-refractivity contribution in [1.82, 2.24) is 14.8 Å². The highest BCUT2D eigenvalue weighted by atomic mass is 79.9. The molecule has 2 rings (SSSR count). The summed E-state index contributed by atoms with van der Waals surface area (Å²) < 4.78 is 2.70. The number of rotatable bonds is 3. The fourth-order valence-electron chi connectivity index (χ4n) is 1.29. The molecular weight excluding hydrogens is 291 g/mol. The van der Waals surface area contributed by atoms with Gasteiger partial charge in [-0.25, -0.2) is 4.98 Å². The molecule has 2 aromatic rings. The van der Waals surface area contributed by atoms with E-state index in [4.69, 9.17) is 11.6 Å². The van der Waals surface area contributed by atoms with Crippen molar-refractivity contribution in [3.63, 3.8) is 0 Å². The molecule has 0 radical (unpaired) electrons. The molecule has 0 aliphatic rings. The lowest BCUT2D eigenvalue weighted by molar-refractivity contribution is 0.712. The summed E-state index contributed by atoms with van der Waals surface area (Å²) in [6.07, 6.45) is 1.53. The predicted molar refractivity (Wildman–Crippen MR) is 67.5 cm³/mol. The third kappa shape index (κ3) is 2.54. The summed E-state index contributed by atoms with van der Waals surface area (Å²) in [5.74, 6) is 0.857. The van der Waals surface area contributed by atoms with E-state index in [1.807, 2.05) is 25.2 Å². The number of aryl methyl sites for hydroxylation is 1. The second-order valence-electron chi connectivity index (χ2n) is 3.28. The molecule has 1 N–H and O–H groups in total. The summed E-state index contributed by atoms with van der Waals surface area (Å²) in [5, 5.41) is 7.89. The van der Waals surface area contributed by atoms with Crippen LogP contribution in [0.15, 0.2) is 29.0 Å². The maximum absolute atomic E-state index is 6.05.